The van der Waals surface area contributed by atoms with E-state index in [9.17, 15) is 4.79 Å². The number of primary amides is 1. The highest BCUT2D eigenvalue weighted by Crippen LogP contribution is 2.32. The summed E-state index contributed by atoms with van der Waals surface area (Å²) in [6.07, 6.45) is 2.06. The topological polar surface area (TPSA) is 70.9 Å². The van der Waals surface area contributed by atoms with Crippen LogP contribution in [0.2, 0.25) is 0 Å². The van der Waals surface area contributed by atoms with Crippen molar-refractivity contribution in [3.05, 3.63) is 58.4 Å². The number of hydrogen-bond acceptors (Lipinski definition) is 3. The van der Waals surface area contributed by atoms with Crippen LogP contribution in [0.15, 0.2) is 48.0 Å². The Morgan fingerprint density at radius 3 is 2.86 bits per heavy atom. The Morgan fingerprint density at radius 1 is 1.32 bits per heavy atom. The first-order chi connectivity index (χ1) is 10.7. The second-order valence-corrected chi connectivity index (χ2v) is 6.37. The average Bonchev–Trinajstić information content (AvgIpc) is 3.17. The lowest BCUT2D eigenvalue weighted by atomic mass is 9.96. The minimum atomic E-state index is -0.340. The molecular formula is C17H19N3OS. The molecule has 0 unspecified atom stereocenters. The van der Waals surface area contributed by atoms with E-state index in [1.165, 1.54) is 15.8 Å². The molecule has 0 aliphatic heterocycles. The van der Waals surface area contributed by atoms with Crippen molar-refractivity contribution in [3.63, 3.8) is 0 Å². The molecule has 2 aromatic heterocycles. The summed E-state index contributed by atoms with van der Waals surface area (Å²) in [5, 5.41) is 6.54. The number of carbonyl (C=O) groups excluding carboxylic acids is 1. The van der Waals surface area contributed by atoms with Gasteiger partial charge in [0.15, 0.2) is 0 Å². The maximum Gasteiger partial charge on any atom is 0.234 e. The minimum Gasteiger partial charge on any atom is -0.368 e. The van der Waals surface area contributed by atoms with Crippen LogP contribution >= 0.6 is 11.3 Å². The van der Waals surface area contributed by atoms with Crippen molar-refractivity contribution in [2.45, 2.75) is 18.9 Å². The highest BCUT2D eigenvalue weighted by molar-refractivity contribution is 7.10. The van der Waals surface area contributed by atoms with Crippen LogP contribution in [-0.4, -0.2) is 23.5 Å². The summed E-state index contributed by atoms with van der Waals surface area (Å²) in [6.45, 7) is 2.47. The Bertz CT molecular complexity index is 763. The molecule has 114 valence electrons. The third kappa shape index (κ3) is 2.91. The van der Waals surface area contributed by atoms with Crippen molar-refractivity contribution < 1.29 is 4.79 Å². The molecule has 0 aliphatic carbocycles. The minimum absolute atomic E-state index is 0.193. The van der Waals surface area contributed by atoms with E-state index in [4.69, 9.17) is 5.73 Å². The van der Waals surface area contributed by atoms with Gasteiger partial charge >= 0.3 is 0 Å². The van der Waals surface area contributed by atoms with Gasteiger partial charge in [0, 0.05) is 34.4 Å². The molecule has 4 N–H and O–H groups in total. The van der Waals surface area contributed by atoms with Gasteiger partial charge < -0.3 is 16.0 Å². The number of para-hydroxylation sites is 1. The zero-order valence-corrected chi connectivity index (χ0v) is 13.2. The van der Waals surface area contributed by atoms with E-state index in [2.05, 4.69) is 46.1 Å². The molecule has 0 saturated heterocycles. The summed E-state index contributed by atoms with van der Waals surface area (Å²) in [5.41, 5.74) is 7.71. The monoisotopic (exact) mass is 313 g/mol. The van der Waals surface area contributed by atoms with Crippen LogP contribution < -0.4 is 11.1 Å². The van der Waals surface area contributed by atoms with Crippen LogP contribution in [0, 0.1) is 0 Å². The van der Waals surface area contributed by atoms with E-state index in [1.54, 1.807) is 18.3 Å². The van der Waals surface area contributed by atoms with Crippen LogP contribution in [0.25, 0.3) is 10.9 Å². The van der Waals surface area contributed by atoms with E-state index < -0.39 is 0 Å². The lowest BCUT2D eigenvalue weighted by molar-refractivity contribution is -0.119. The molecule has 0 fully saturated rings. The molecule has 0 saturated carbocycles. The molecule has 2 atom stereocenters. The highest BCUT2D eigenvalue weighted by atomic mass is 32.1. The van der Waals surface area contributed by atoms with E-state index in [0.717, 1.165) is 5.52 Å². The van der Waals surface area contributed by atoms with Crippen molar-refractivity contribution in [1.29, 1.82) is 0 Å². The molecule has 0 radical (unpaired) electrons. The van der Waals surface area contributed by atoms with Crippen molar-refractivity contribution in [2.75, 3.05) is 6.54 Å². The number of hydrogen-bond donors (Lipinski definition) is 3. The van der Waals surface area contributed by atoms with Crippen molar-refractivity contribution in [2.24, 2.45) is 5.73 Å². The summed E-state index contributed by atoms with van der Waals surface area (Å²) in [4.78, 5) is 15.9. The Balaban J connectivity index is 1.93. The fourth-order valence-corrected chi connectivity index (χ4v) is 3.48. The Morgan fingerprint density at radius 2 is 2.14 bits per heavy atom. The zero-order chi connectivity index (χ0) is 15.5. The van der Waals surface area contributed by atoms with Gasteiger partial charge in [-0.1, -0.05) is 24.3 Å². The number of aromatic amines is 1. The molecule has 0 spiro atoms. The van der Waals surface area contributed by atoms with Gasteiger partial charge in [-0.25, -0.2) is 0 Å². The van der Waals surface area contributed by atoms with Crippen LogP contribution in [0.5, 0.6) is 0 Å². The molecule has 0 bridgehead atoms. The van der Waals surface area contributed by atoms with Crippen LogP contribution in [-0.2, 0) is 4.79 Å². The van der Waals surface area contributed by atoms with Gasteiger partial charge in [0.2, 0.25) is 5.91 Å². The third-order valence-corrected chi connectivity index (χ3v) is 4.92. The number of carbonyl (C=O) groups is 1. The summed E-state index contributed by atoms with van der Waals surface area (Å²) >= 11 is 1.73. The number of nitrogens with one attached hydrogen (secondary N) is 2. The number of thiophene rings is 1. The predicted molar refractivity (Wildman–Crippen MR) is 91.1 cm³/mol. The maximum atomic E-state index is 11.3. The van der Waals surface area contributed by atoms with Crippen molar-refractivity contribution in [1.82, 2.24) is 10.3 Å². The zero-order valence-electron chi connectivity index (χ0n) is 12.4. The standard InChI is InChI=1S/C17H19N3OS/c1-11(17(18)21)19-10-14(16-7-4-8-22-16)13-9-20-15-6-3-2-5-12(13)15/h2-9,11,14,19-20H,10H2,1H3,(H2,18,21)/t11-,14-/m0/s1. The summed E-state index contributed by atoms with van der Waals surface area (Å²) in [7, 11) is 0. The molecular weight excluding hydrogens is 294 g/mol. The highest BCUT2D eigenvalue weighted by Gasteiger charge is 2.20. The second-order valence-electron chi connectivity index (χ2n) is 5.39. The maximum absolute atomic E-state index is 11.3. The summed E-state index contributed by atoms with van der Waals surface area (Å²) in [6, 6.07) is 12.1. The lowest BCUT2D eigenvalue weighted by Gasteiger charge is -2.18. The van der Waals surface area contributed by atoms with Gasteiger partial charge in [-0.2, -0.15) is 0 Å². The second kappa shape index (κ2) is 6.34. The van der Waals surface area contributed by atoms with Crippen molar-refractivity contribution >= 4 is 28.1 Å². The van der Waals surface area contributed by atoms with Gasteiger partial charge in [-0.05, 0) is 30.0 Å². The van der Waals surface area contributed by atoms with Crippen LogP contribution in [0.1, 0.15) is 23.3 Å². The van der Waals surface area contributed by atoms with E-state index in [-0.39, 0.29) is 17.9 Å². The molecule has 2 heterocycles. The SMILES string of the molecule is C[C@H](NC[C@H](c1cccs1)c1c[nH]c2ccccc12)C(N)=O. The number of fused-ring (bicyclic) bond motifs is 1. The Kier molecular flexibility index (Phi) is 4.27. The number of nitrogens with two attached hydrogens (primary N) is 1. The van der Waals surface area contributed by atoms with E-state index in [1.807, 2.05) is 12.1 Å². The summed E-state index contributed by atoms with van der Waals surface area (Å²) in [5.74, 6) is -0.137. The third-order valence-electron chi connectivity index (χ3n) is 3.94. The molecule has 3 rings (SSSR count). The molecule has 1 aromatic carbocycles. The van der Waals surface area contributed by atoms with Gasteiger partial charge in [0.25, 0.3) is 0 Å². The molecule has 0 aliphatic rings. The molecule has 5 heteroatoms. The number of rotatable bonds is 6. The number of aromatic nitrogens is 1. The first kappa shape index (κ1) is 14.8. The average molecular weight is 313 g/mol. The largest absolute Gasteiger partial charge is 0.368 e. The summed E-state index contributed by atoms with van der Waals surface area (Å²) < 4.78 is 0. The number of H-pyrrole nitrogens is 1. The lowest BCUT2D eigenvalue weighted by Crippen LogP contribution is -2.40. The van der Waals surface area contributed by atoms with E-state index in [0.29, 0.717) is 6.54 Å². The number of amides is 1. The molecule has 4 nitrogen and oxygen atoms in total. The molecule has 22 heavy (non-hydrogen) atoms. The fraction of sp³-hybridized carbons (Fsp3) is 0.235. The van der Waals surface area contributed by atoms with Crippen LogP contribution in [0.3, 0.4) is 0 Å². The van der Waals surface area contributed by atoms with Gasteiger partial charge in [0.1, 0.15) is 0 Å². The fourth-order valence-electron chi connectivity index (χ4n) is 2.63. The first-order valence-corrected chi connectivity index (χ1v) is 8.17. The smallest absolute Gasteiger partial charge is 0.234 e. The normalized spacial score (nSPS) is 14.0. The Labute approximate surface area is 133 Å². The quantitative estimate of drug-likeness (QED) is 0.655. The first-order valence-electron chi connectivity index (χ1n) is 7.29. The van der Waals surface area contributed by atoms with Gasteiger partial charge in [0.05, 0.1) is 6.04 Å². The molecule has 3 aromatic rings. The van der Waals surface area contributed by atoms with Gasteiger partial charge in [-0.15, -0.1) is 11.3 Å². The molecule has 1 amide bonds. The van der Waals surface area contributed by atoms with Crippen LogP contribution in [0.4, 0.5) is 0 Å². The van der Waals surface area contributed by atoms with Crippen molar-refractivity contribution in [3.8, 4) is 0 Å². The predicted octanol–water partition coefficient (Wildman–Crippen LogP) is 2.82. The Hall–Kier alpha value is -2.11. The van der Waals surface area contributed by atoms with Gasteiger partial charge in [-0.3, -0.25) is 4.79 Å². The van der Waals surface area contributed by atoms with E-state index >= 15 is 0 Å². The number of benzene rings is 1.